The maximum absolute atomic E-state index is 13.3. The Hall–Kier alpha value is -0.600. The van der Waals surface area contributed by atoms with Crippen molar-refractivity contribution in [2.45, 2.75) is 52.0 Å². The second-order valence-corrected chi connectivity index (χ2v) is 6.84. The summed E-state index contributed by atoms with van der Waals surface area (Å²) in [4.78, 5) is 0. The van der Waals surface area contributed by atoms with Crippen molar-refractivity contribution < 1.29 is 4.39 Å². The molecule has 0 unspecified atom stereocenters. The zero-order valence-corrected chi connectivity index (χ0v) is 12.7. The summed E-state index contributed by atoms with van der Waals surface area (Å²) in [5.74, 6) is -0.230. The van der Waals surface area contributed by atoms with E-state index < -0.39 is 0 Å². The van der Waals surface area contributed by atoms with E-state index in [-0.39, 0.29) is 16.8 Å². The lowest BCUT2D eigenvalue weighted by Gasteiger charge is -2.29. The summed E-state index contributed by atoms with van der Waals surface area (Å²) < 4.78 is 13.3. The Kier molecular flexibility index (Phi) is 4.79. The Bertz CT molecular complexity index is 407. The van der Waals surface area contributed by atoms with Crippen LogP contribution in [0.25, 0.3) is 0 Å². The molecule has 0 aliphatic rings. The minimum absolute atomic E-state index is 0.0990. The number of rotatable bonds is 4. The minimum Gasteiger partial charge on any atom is -0.312 e. The second kappa shape index (κ2) is 5.58. The molecule has 18 heavy (non-hydrogen) atoms. The summed E-state index contributed by atoms with van der Waals surface area (Å²) in [7, 11) is 0. The second-order valence-electron chi connectivity index (χ2n) is 6.43. The van der Waals surface area contributed by atoms with Gasteiger partial charge in [0.1, 0.15) is 5.82 Å². The average Bonchev–Trinajstić information content (AvgIpc) is 2.19. The maximum atomic E-state index is 13.3. The fourth-order valence-corrected chi connectivity index (χ4v) is 2.27. The molecule has 0 aliphatic heterocycles. The van der Waals surface area contributed by atoms with Gasteiger partial charge in [0.2, 0.25) is 0 Å². The molecule has 0 heterocycles. The van der Waals surface area contributed by atoms with Gasteiger partial charge in [0, 0.05) is 10.6 Å². The van der Waals surface area contributed by atoms with Gasteiger partial charge in [-0.3, -0.25) is 0 Å². The SMILES string of the molecule is CC(C)(C)NCCC(C)(C)c1cc(F)ccc1Cl. The number of hydrogen-bond donors (Lipinski definition) is 1. The van der Waals surface area contributed by atoms with Crippen molar-refractivity contribution in [1.82, 2.24) is 5.32 Å². The van der Waals surface area contributed by atoms with Gasteiger partial charge in [0.05, 0.1) is 0 Å². The highest BCUT2D eigenvalue weighted by Gasteiger charge is 2.24. The van der Waals surface area contributed by atoms with E-state index in [9.17, 15) is 4.39 Å². The third kappa shape index (κ3) is 4.58. The third-order valence-electron chi connectivity index (χ3n) is 3.06. The molecule has 3 heteroatoms. The van der Waals surface area contributed by atoms with Gasteiger partial charge in [0.25, 0.3) is 0 Å². The molecule has 0 spiro atoms. The third-order valence-corrected chi connectivity index (χ3v) is 3.39. The first-order valence-electron chi connectivity index (χ1n) is 6.32. The molecular formula is C15H23ClFN. The molecule has 0 saturated carbocycles. The molecular weight excluding hydrogens is 249 g/mol. The minimum atomic E-state index is -0.230. The Morgan fingerprint density at radius 2 is 1.78 bits per heavy atom. The lowest BCUT2D eigenvalue weighted by atomic mass is 9.81. The average molecular weight is 272 g/mol. The molecule has 1 aromatic rings. The first-order chi connectivity index (χ1) is 8.12. The van der Waals surface area contributed by atoms with Gasteiger partial charge in [0.15, 0.2) is 0 Å². The topological polar surface area (TPSA) is 12.0 Å². The highest BCUT2D eigenvalue weighted by atomic mass is 35.5. The van der Waals surface area contributed by atoms with E-state index >= 15 is 0 Å². The first-order valence-corrected chi connectivity index (χ1v) is 6.70. The number of benzene rings is 1. The summed E-state index contributed by atoms with van der Waals surface area (Å²) in [5, 5.41) is 4.08. The molecule has 0 amide bonds. The van der Waals surface area contributed by atoms with Gasteiger partial charge < -0.3 is 5.32 Å². The highest BCUT2D eigenvalue weighted by molar-refractivity contribution is 6.31. The van der Waals surface area contributed by atoms with E-state index in [2.05, 4.69) is 39.9 Å². The molecule has 0 saturated heterocycles. The predicted octanol–water partition coefficient (Wildman–Crippen LogP) is 4.53. The number of nitrogens with one attached hydrogen (secondary N) is 1. The van der Waals surface area contributed by atoms with Crippen molar-refractivity contribution in [2.75, 3.05) is 6.54 Å². The van der Waals surface area contributed by atoms with Crippen LogP contribution in [-0.2, 0) is 5.41 Å². The van der Waals surface area contributed by atoms with Crippen molar-refractivity contribution >= 4 is 11.6 Å². The van der Waals surface area contributed by atoms with Gasteiger partial charge in [-0.25, -0.2) is 4.39 Å². The molecule has 0 fully saturated rings. The van der Waals surface area contributed by atoms with Crippen LogP contribution in [-0.4, -0.2) is 12.1 Å². The Morgan fingerprint density at radius 1 is 1.17 bits per heavy atom. The van der Waals surface area contributed by atoms with E-state index in [0.717, 1.165) is 18.5 Å². The van der Waals surface area contributed by atoms with Crippen molar-refractivity contribution in [3.05, 3.63) is 34.6 Å². The van der Waals surface area contributed by atoms with E-state index in [1.807, 2.05) is 0 Å². The van der Waals surface area contributed by atoms with Gasteiger partial charge in [-0.2, -0.15) is 0 Å². The highest BCUT2D eigenvalue weighted by Crippen LogP contribution is 2.33. The number of hydrogen-bond acceptors (Lipinski definition) is 1. The molecule has 0 radical (unpaired) electrons. The number of halogens is 2. The molecule has 0 aliphatic carbocycles. The molecule has 1 aromatic carbocycles. The van der Waals surface area contributed by atoms with Crippen molar-refractivity contribution in [3.63, 3.8) is 0 Å². The van der Waals surface area contributed by atoms with Crippen LogP contribution >= 0.6 is 11.6 Å². The van der Waals surface area contributed by atoms with Crippen LogP contribution < -0.4 is 5.32 Å². The molecule has 1 rings (SSSR count). The Morgan fingerprint density at radius 3 is 2.33 bits per heavy atom. The van der Waals surface area contributed by atoms with Gasteiger partial charge in [-0.05, 0) is 62.9 Å². The fourth-order valence-electron chi connectivity index (χ4n) is 1.90. The van der Waals surface area contributed by atoms with E-state index in [1.165, 1.54) is 6.07 Å². The zero-order valence-electron chi connectivity index (χ0n) is 11.9. The van der Waals surface area contributed by atoms with Crippen LogP contribution in [0.4, 0.5) is 4.39 Å². The van der Waals surface area contributed by atoms with Gasteiger partial charge >= 0.3 is 0 Å². The summed E-state index contributed by atoms with van der Waals surface area (Å²) >= 11 is 6.16. The zero-order chi connectivity index (χ0) is 14.0. The standard InChI is InChI=1S/C15H23ClFN/c1-14(2,3)18-9-8-15(4,5)12-10-11(17)6-7-13(12)16/h6-7,10,18H,8-9H2,1-5H3. The first kappa shape index (κ1) is 15.5. The smallest absolute Gasteiger partial charge is 0.123 e. The fraction of sp³-hybridized carbons (Fsp3) is 0.600. The quantitative estimate of drug-likeness (QED) is 0.848. The monoisotopic (exact) mass is 271 g/mol. The summed E-state index contributed by atoms with van der Waals surface area (Å²) in [6.07, 6.45) is 0.910. The lowest BCUT2D eigenvalue weighted by Crippen LogP contribution is -2.38. The van der Waals surface area contributed by atoms with Crippen molar-refractivity contribution in [1.29, 1.82) is 0 Å². The molecule has 0 aromatic heterocycles. The lowest BCUT2D eigenvalue weighted by molar-refractivity contribution is 0.379. The van der Waals surface area contributed by atoms with Gasteiger partial charge in [-0.1, -0.05) is 25.4 Å². The maximum Gasteiger partial charge on any atom is 0.123 e. The van der Waals surface area contributed by atoms with E-state index in [0.29, 0.717) is 5.02 Å². The Labute approximate surface area is 115 Å². The molecule has 102 valence electrons. The van der Waals surface area contributed by atoms with Crippen LogP contribution in [0.5, 0.6) is 0 Å². The molecule has 1 nitrogen and oxygen atoms in total. The van der Waals surface area contributed by atoms with Crippen LogP contribution in [0.2, 0.25) is 5.02 Å². The van der Waals surface area contributed by atoms with E-state index in [1.54, 1.807) is 12.1 Å². The predicted molar refractivity (Wildman–Crippen MR) is 76.8 cm³/mol. The normalized spacial score (nSPS) is 12.8. The van der Waals surface area contributed by atoms with Crippen LogP contribution in [0.1, 0.15) is 46.6 Å². The van der Waals surface area contributed by atoms with Crippen LogP contribution in [0, 0.1) is 5.82 Å². The van der Waals surface area contributed by atoms with Crippen molar-refractivity contribution in [3.8, 4) is 0 Å². The Balaban J connectivity index is 2.76. The summed E-state index contributed by atoms with van der Waals surface area (Å²) in [6.45, 7) is 11.5. The summed E-state index contributed by atoms with van der Waals surface area (Å²) in [6, 6.07) is 4.57. The van der Waals surface area contributed by atoms with E-state index in [4.69, 9.17) is 11.6 Å². The largest absolute Gasteiger partial charge is 0.312 e. The van der Waals surface area contributed by atoms with Crippen LogP contribution in [0.3, 0.4) is 0 Å². The molecule has 0 bridgehead atoms. The molecule has 0 atom stereocenters. The van der Waals surface area contributed by atoms with Gasteiger partial charge in [-0.15, -0.1) is 0 Å². The van der Waals surface area contributed by atoms with Crippen molar-refractivity contribution in [2.24, 2.45) is 0 Å². The van der Waals surface area contributed by atoms with Crippen LogP contribution in [0.15, 0.2) is 18.2 Å². The summed E-state index contributed by atoms with van der Waals surface area (Å²) in [5.41, 5.74) is 0.832. The molecule has 1 N–H and O–H groups in total.